The molecule has 0 fully saturated rings. The molecule has 1 aliphatic heterocycles. The molecule has 6 nitrogen and oxygen atoms in total. The van der Waals surface area contributed by atoms with E-state index in [4.69, 9.17) is 0 Å². The summed E-state index contributed by atoms with van der Waals surface area (Å²) in [5, 5.41) is 38.7. The Bertz CT molecular complexity index is 803. The van der Waals surface area contributed by atoms with Crippen molar-refractivity contribution in [3.05, 3.63) is 47.0 Å². The summed E-state index contributed by atoms with van der Waals surface area (Å²) in [6.07, 6.45) is 1.92. The van der Waals surface area contributed by atoms with Crippen LogP contribution in [-0.4, -0.2) is 37.8 Å². The summed E-state index contributed by atoms with van der Waals surface area (Å²) in [7, 11) is 0. The molecule has 4 N–H and O–H groups in total. The van der Waals surface area contributed by atoms with Crippen molar-refractivity contribution in [2.24, 2.45) is 0 Å². The number of hydrogen-bond acceptors (Lipinski definition) is 5. The number of benzene rings is 2. The van der Waals surface area contributed by atoms with Crippen molar-refractivity contribution >= 4 is 5.91 Å². The van der Waals surface area contributed by atoms with Crippen molar-refractivity contribution in [3.8, 4) is 23.0 Å². The van der Waals surface area contributed by atoms with E-state index in [0.29, 0.717) is 49.9 Å². The molecule has 0 saturated heterocycles. The molecule has 6 heteroatoms. The fourth-order valence-corrected chi connectivity index (χ4v) is 3.20. The maximum atomic E-state index is 12.4. The first-order valence-electron chi connectivity index (χ1n) is 8.27. The molecule has 2 aromatic rings. The number of phenols is 4. The smallest absolute Gasteiger partial charge is 0.222 e. The number of phenolic OH excluding ortho intramolecular Hbond substituents is 4. The van der Waals surface area contributed by atoms with Gasteiger partial charge in [-0.25, -0.2) is 0 Å². The van der Waals surface area contributed by atoms with Crippen LogP contribution in [0.4, 0.5) is 0 Å². The first kappa shape index (κ1) is 17.0. The average molecular weight is 343 g/mol. The Kier molecular flexibility index (Phi) is 4.70. The molecule has 0 aromatic heterocycles. The van der Waals surface area contributed by atoms with Gasteiger partial charge in [-0.3, -0.25) is 4.79 Å². The fourth-order valence-electron chi connectivity index (χ4n) is 3.20. The zero-order chi connectivity index (χ0) is 18.0. The van der Waals surface area contributed by atoms with Gasteiger partial charge in [-0.2, -0.15) is 0 Å². The van der Waals surface area contributed by atoms with E-state index >= 15 is 0 Å². The third kappa shape index (κ3) is 3.63. The molecule has 0 spiro atoms. The molecule has 132 valence electrons. The Morgan fingerprint density at radius 2 is 1.80 bits per heavy atom. The minimum Gasteiger partial charge on any atom is -0.508 e. The van der Waals surface area contributed by atoms with Crippen molar-refractivity contribution in [2.45, 2.75) is 32.2 Å². The SMILES string of the molecule is O=C(CCCc1cc(O)ccc1O)N1CCc2c(ccc(O)c2O)C1. The molecule has 2 aromatic carbocycles. The van der Waals surface area contributed by atoms with Gasteiger partial charge in [0.25, 0.3) is 0 Å². The predicted octanol–water partition coefficient (Wildman–Crippen LogP) is 2.42. The van der Waals surface area contributed by atoms with Crippen molar-refractivity contribution in [1.29, 1.82) is 0 Å². The van der Waals surface area contributed by atoms with Gasteiger partial charge < -0.3 is 25.3 Å². The van der Waals surface area contributed by atoms with Crippen LogP contribution in [0, 0.1) is 0 Å². The van der Waals surface area contributed by atoms with Gasteiger partial charge in [0.2, 0.25) is 5.91 Å². The minimum absolute atomic E-state index is 0.0119. The second-order valence-corrected chi connectivity index (χ2v) is 6.30. The number of rotatable bonds is 4. The number of nitrogens with zero attached hydrogens (tertiary/aromatic N) is 1. The van der Waals surface area contributed by atoms with Crippen LogP contribution in [0.25, 0.3) is 0 Å². The Hall–Kier alpha value is -2.89. The first-order chi connectivity index (χ1) is 12.0. The molecular formula is C19H21NO5. The summed E-state index contributed by atoms with van der Waals surface area (Å²) in [5.74, 6) is -0.00600. The van der Waals surface area contributed by atoms with E-state index in [2.05, 4.69) is 0 Å². The van der Waals surface area contributed by atoms with Gasteiger partial charge in [0.1, 0.15) is 11.5 Å². The van der Waals surface area contributed by atoms with Gasteiger partial charge in [-0.05, 0) is 54.7 Å². The summed E-state index contributed by atoms with van der Waals surface area (Å²) in [6, 6.07) is 7.53. The zero-order valence-corrected chi connectivity index (χ0v) is 13.8. The van der Waals surface area contributed by atoms with E-state index in [-0.39, 0.29) is 28.9 Å². The van der Waals surface area contributed by atoms with Crippen LogP contribution in [-0.2, 0) is 24.2 Å². The maximum absolute atomic E-state index is 12.4. The van der Waals surface area contributed by atoms with Gasteiger partial charge in [0.15, 0.2) is 11.5 Å². The molecule has 1 amide bonds. The highest BCUT2D eigenvalue weighted by atomic mass is 16.3. The highest BCUT2D eigenvalue weighted by Crippen LogP contribution is 2.34. The quantitative estimate of drug-likeness (QED) is 0.504. The van der Waals surface area contributed by atoms with E-state index in [1.165, 1.54) is 24.3 Å². The van der Waals surface area contributed by atoms with E-state index in [1.807, 2.05) is 0 Å². The molecule has 3 rings (SSSR count). The molecule has 25 heavy (non-hydrogen) atoms. The van der Waals surface area contributed by atoms with Crippen LogP contribution in [0.3, 0.4) is 0 Å². The predicted molar refractivity (Wildman–Crippen MR) is 91.6 cm³/mol. The molecule has 1 heterocycles. The topological polar surface area (TPSA) is 101 Å². The molecule has 1 aliphatic rings. The van der Waals surface area contributed by atoms with Crippen LogP contribution in [0.2, 0.25) is 0 Å². The van der Waals surface area contributed by atoms with Gasteiger partial charge >= 0.3 is 0 Å². The number of aromatic hydroxyl groups is 4. The van der Waals surface area contributed by atoms with Crippen molar-refractivity contribution in [2.75, 3.05) is 6.54 Å². The molecule has 0 atom stereocenters. The molecule has 0 radical (unpaired) electrons. The number of amides is 1. The largest absolute Gasteiger partial charge is 0.508 e. The van der Waals surface area contributed by atoms with Crippen LogP contribution in [0.15, 0.2) is 30.3 Å². The van der Waals surface area contributed by atoms with E-state index in [1.54, 1.807) is 11.0 Å². The number of carbonyl (C=O) groups is 1. The van der Waals surface area contributed by atoms with E-state index in [0.717, 1.165) is 5.56 Å². The van der Waals surface area contributed by atoms with Gasteiger partial charge in [-0.1, -0.05) is 6.07 Å². The van der Waals surface area contributed by atoms with Crippen LogP contribution < -0.4 is 0 Å². The Morgan fingerprint density at radius 3 is 2.60 bits per heavy atom. The summed E-state index contributed by atoms with van der Waals surface area (Å²) in [6.45, 7) is 0.916. The number of carbonyl (C=O) groups excluding carboxylic acids is 1. The summed E-state index contributed by atoms with van der Waals surface area (Å²) >= 11 is 0. The minimum atomic E-state index is -0.135. The molecule has 0 bridgehead atoms. The average Bonchev–Trinajstić information content (AvgIpc) is 2.61. The molecule has 0 saturated carbocycles. The number of hydrogen-bond donors (Lipinski definition) is 4. The fraction of sp³-hybridized carbons (Fsp3) is 0.316. The Labute approximate surface area is 145 Å². The zero-order valence-electron chi connectivity index (χ0n) is 13.8. The third-order valence-corrected chi connectivity index (χ3v) is 4.60. The normalized spacial score (nSPS) is 13.5. The highest BCUT2D eigenvalue weighted by molar-refractivity contribution is 5.76. The van der Waals surface area contributed by atoms with Crippen molar-refractivity contribution in [3.63, 3.8) is 0 Å². The van der Waals surface area contributed by atoms with Gasteiger partial charge in [0.05, 0.1) is 0 Å². The lowest BCUT2D eigenvalue weighted by molar-refractivity contribution is -0.132. The highest BCUT2D eigenvalue weighted by Gasteiger charge is 2.23. The lowest BCUT2D eigenvalue weighted by Gasteiger charge is -2.29. The summed E-state index contributed by atoms with van der Waals surface area (Å²) in [5.41, 5.74) is 2.17. The van der Waals surface area contributed by atoms with Gasteiger partial charge in [-0.15, -0.1) is 0 Å². The van der Waals surface area contributed by atoms with Crippen LogP contribution in [0.5, 0.6) is 23.0 Å². The molecule has 0 aliphatic carbocycles. The summed E-state index contributed by atoms with van der Waals surface area (Å²) in [4.78, 5) is 14.1. The third-order valence-electron chi connectivity index (χ3n) is 4.60. The van der Waals surface area contributed by atoms with E-state index < -0.39 is 0 Å². The monoisotopic (exact) mass is 343 g/mol. The summed E-state index contributed by atoms with van der Waals surface area (Å²) < 4.78 is 0. The maximum Gasteiger partial charge on any atom is 0.222 e. The standard InChI is InChI=1S/C19H21NO5/c21-14-5-7-16(22)12(10-14)2-1-3-18(24)20-9-8-15-13(11-20)4-6-17(23)19(15)25/h4-7,10,21-23,25H,1-3,8-9,11H2. The van der Waals surface area contributed by atoms with Crippen LogP contribution in [0.1, 0.15) is 29.5 Å². The number of fused-ring (bicyclic) bond motifs is 1. The number of aryl methyl sites for hydroxylation is 1. The van der Waals surface area contributed by atoms with E-state index in [9.17, 15) is 25.2 Å². The first-order valence-corrected chi connectivity index (χ1v) is 8.27. The lowest BCUT2D eigenvalue weighted by Crippen LogP contribution is -2.35. The van der Waals surface area contributed by atoms with Gasteiger partial charge in [0, 0.05) is 25.1 Å². The molecular weight excluding hydrogens is 322 g/mol. The van der Waals surface area contributed by atoms with Crippen LogP contribution >= 0.6 is 0 Å². The second kappa shape index (κ2) is 6.93. The van der Waals surface area contributed by atoms with Crippen molar-refractivity contribution in [1.82, 2.24) is 4.90 Å². The lowest BCUT2D eigenvalue weighted by atomic mass is 9.97. The second-order valence-electron chi connectivity index (χ2n) is 6.30. The molecule has 0 unspecified atom stereocenters. The Morgan fingerprint density at radius 1 is 1.04 bits per heavy atom. The Balaban J connectivity index is 1.57. The van der Waals surface area contributed by atoms with Crippen molar-refractivity contribution < 1.29 is 25.2 Å².